The van der Waals surface area contributed by atoms with Gasteiger partial charge < -0.3 is 0 Å². The van der Waals surface area contributed by atoms with Gasteiger partial charge in [0.05, 0.1) is 6.26 Å². The van der Waals surface area contributed by atoms with Gasteiger partial charge in [0, 0.05) is 0 Å². The summed E-state index contributed by atoms with van der Waals surface area (Å²) in [6.45, 7) is -1.25. The molecule has 0 atom stereocenters. The third-order valence-corrected chi connectivity index (χ3v) is 2.53. The first-order valence-corrected chi connectivity index (χ1v) is 6.67. The zero-order valence-electron chi connectivity index (χ0n) is 8.15. The average molecular weight is 316 g/mol. The highest BCUT2D eigenvalue weighted by Gasteiger charge is 2.35. The molecule has 0 unspecified atom stereocenters. The summed E-state index contributed by atoms with van der Waals surface area (Å²) in [4.78, 5) is 3.54. The molecule has 0 radical (unpaired) electrons. The third kappa shape index (κ3) is 4.11. The van der Waals surface area contributed by atoms with Gasteiger partial charge in [-0.15, -0.1) is 0 Å². The molecule has 0 spiro atoms. The SMILES string of the molecule is CS(=O)(=O)OCC(F)(F)c1cccc(Br)n1. The summed E-state index contributed by atoms with van der Waals surface area (Å²) in [5, 5.41) is 0. The highest BCUT2D eigenvalue weighted by atomic mass is 79.9. The molecule has 0 bridgehead atoms. The second-order valence-electron chi connectivity index (χ2n) is 3.02. The van der Waals surface area contributed by atoms with Gasteiger partial charge in [-0.05, 0) is 28.1 Å². The monoisotopic (exact) mass is 315 g/mol. The van der Waals surface area contributed by atoms with E-state index in [1.54, 1.807) is 0 Å². The highest BCUT2D eigenvalue weighted by Crippen LogP contribution is 2.27. The molecule has 4 nitrogen and oxygen atoms in total. The Bertz CT molecular complexity index is 478. The van der Waals surface area contributed by atoms with Crippen molar-refractivity contribution >= 4 is 26.0 Å². The van der Waals surface area contributed by atoms with Crippen molar-refractivity contribution in [3.63, 3.8) is 0 Å². The van der Waals surface area contributed by atoms with Crippen LogP contribution < -0.4 is 0 Å². The fraction of sp³-hybridized carbons (Fsp3) is 0.375. The lowest BCUT2D eigenvalue weighted by Crippen LogP contribution is -2.24. The zero-order chi connectivity index (χ0) is 12.4. The molecule has 0 aliphatic heterocycles. The minimum Gasteiger partial charge on any atom is -0.263 e. The van der Waals surface area contributed by atoms with Crippen LogP contribution in [-0.4, -0.2) is 26.3 Å². The fourth-order valence-electron chi connectivity index (χ4n) is 0.867. The maximum Gasteiger partial charge on any atom is 0.313 e. The first-order valence-electron chi connectivity index (χ1n) is 4.06. The topological polar surface area (TPSA) is 56.3 Å². The Kier molecular flexibility index (Phi) is 3.97. The van der Waals surface area contributed by atoms with Gasteiger partial charge in [0.2, 0.25) is 0 Å². The lowest BCUT2D eigenvalue weighted by Gasteiger charge is -2.14. The van der Waals surface area contributed by atoms with Crippen LogP contribution in [0.15, 0.2) is 22.8 Å². The van der Waals surface area contributed by atoms with Gasteiger partial charge in [0.1, 0.15) is 16.9 Å². The van der Waals surface area contributed by atoms with Gasteiger partial charge in [-0.25, -0.2) is 4.98 Å². The number of hydrogen-bond acceptors (Lipinski definition) is 4. The predicted molar refractivity (Wildman–Crippen MR) is 56.6 cm³/mol. The van der Waals surface area contributed by atoms with Crippen molar-refractivity contribution in [1.82, 2.24) is 4.98 Å². The molecule has 16 heavy (non-hydrogen) atoms. The third-order valence-electron chi connectivity index (χ3n) is 1.54. The quantitative estimate of drug-likeness (QED) is 0.629. The molecule has 90 valence electrons. The largest absolute Gasteiger partial charge is 0.313 e. The average Bonchev–Trinajstić information content (AvgIpc) is 2.14. The first-order chi connectivity index (χ1) is 7.21. The summed E-state index contributed by atoms with van der Waals surface area (Å²) in [6.07, 6.45) is 0.706. The molecular formula is C8H8BrF2NO3S. The van der Waals surface area contributed by atoms with E-state index in [1.165, 1.54) is 12.1 Å². The van der Waals surface area contributed by atoms with Crippen molar-refractivity contribution in [2.75, 3.05) is 12.9 Å². The molecule has 0 amide bonds. The smallest absolute Gasteiger partial charge is 0.263 e. The van der Waals surface area contributed by atoms with Gasteiger partial charge in [-0.3, -0.25) is 4.18 Å². The van der Waals surface area contributed by atoms with Crippen LogP contribution in [0.3, 0.4) is 0 Å². The van der Waals surface area contributed by atoms with E-state index in [9.17, 15) is 17.2 Å². The van der Waals surface area contributed by atoms with Crippen LogP contribution in [0.2, 0.25) is 0 Å². The first kappa shape index (κ1) is 13.5. The number of pyridine rings is 1. The molecule has 0 N–H and O–H groups in total. The van der Waals surface area contributed by atoms with Crippen LogP contribution in [0, 0.1) is 0 Å². The zero-order valence-corrected chi connectivity index (χ0v) is 10.6. The maximum absolute atomic E-state index is 13.4. The number of aromatic nitrogens is 1. The minimum absolute atomic E-state index is 0.240. The van der Waals surface area contributed by atoms with Crippen molar-refractivity contribution in [2.45, 2.75) is 5.92 Å². The summed E-state index contributed by atoms with van der Waals surface area (Å²) < 4.78 is 52.3. The Labute approximate surface area is 99.9 Å². The van der Waals surface area contributed by atoms with Crippen LogP contribution in [0.1, 0.15) is 5.69 Å². The van der Waals surface area contributed by atoms with Crippen LogP contribution in [-0.2, 0) is 20.2 Å². The van der Waals surface area contributed by atoms with E-state index in [4.69, 9.17) is 0 Å². The van der Waals surface area contributed by atoms with E-state index >= 15 is 0 Å². The summed E-state index contributed by atoms with van der Waals surface area (Å²) in [7, 11) is -3.89. The number of halogens is 3. The highest BCUT2D eigenvalue weighted by molar-refractivity contribution is 9.10. The van der Waals surface area contributed by atoms with E-state index in [2.05, 4.69) is 25.1 Å². The van der Waals surface area contributed by atoms with E-state index < -0.39 is 28.3 Å². The van der Waals surface area contributed by atoms with Crippen LogP contribution >= 0.6 is 15.9 Å². The molecule has 1 heterocycles. The molecule has 0 saturated heterocycles. The van der Waals surface area contributed by atoms with Crippen LogP contribution in [0.4, 0.5) is 8.78 Å². The molecule has 0 aliphatic rings. The van der Waals surface area contributed by atoms with Crippen molar-refractivity contribution in [1.29, 1.82) is 0 Å². The molecule has 1 aromatic heterocycles. The van der Waals surface area contributed by atoms with E-state index in [-0.39, 0.29) is 4.60 Å². The summed E-state index contributed by atoms with van der Waals surface area (Å²) in [5.41, 5.74) is -0.550. The molecule has 1 aromatic rings. The van der Waals surface area contributed by atoms with Crippen LogP contribution in [0.25, 0.3) is 0 Å². The lowest BCUT2D eigenvalue weighted by molar-refractivity contribution is -0.0486. The summed E-state index contributed by atoms with van der Waals surface area (Å²) >= 11 is 2.94. The van der Waals surface area contributed by atoms with Gasteiger partial charge in [0.15, 0.2) is 0 Å². The number of nitrogens with zero attached hydrogens (tertiary/aromatic N) is 1. The van der Waals surface area contributed by atoms with Crippen LogP contribution in [0.5, 0.6) is 0 Å². The molecule has 0 aliphatic carbocycles. The van der Waals surface area contributed by atoms with Gasteiger partial charge in [-0.2, -0.15) is 17.2 Å². The molecule has 8 heteroatoms. The normalized spacial score (nSPS) is 12.8. The predicted octanol–water partition coefficient (Wildman–Crippen LogP) is 1.91. The standard InChI is InChI=1S/C8H8BrF2NO3S/c1-16(13,14)15-5-8(10,11)6-3-2-4-7(9)12-6/h2-4H,5H2,1H3. The maximum atomic E-state index is 13.4. The second-order valence-corrected chi connectivity index (χ2v) is 5.47. The number of rotatable bonds is 4. The van der Waals surface area contributed by atoms with Gasteiger partial charge in [0.25, 0.3) is 10.1 Å². The fourth-order valence-corrected chi connectivity index (χ4v) is 1.57. The molecule has 0 fully saturated rings. The number of hydrogen-bond donors (Lipinski definition) is 0. The number of alkyl halides is 2. The van der Waals surface area contributed by atoms with E-state index in [1.807, 2.05) is 0 Å². The van der Waals surface area contributed by atoms with Crippen molar-refractivity contribution in [2.24, 2.45) is 0 Å². The van der Waals surface area contributed by atoms with E-state index in [0.717, 1.165) is 6.07 Å². The molecule has 0 saturated carbocycles. The minimum atomic E-state index is -3.89. The summed E-state index contributed by atoms with van der Waals surface area (Å²) in [6, 6.07) is 3.95. The Morgan fingerprint density at radius 1 is 1.50 bits per heavy atom. The lowest BCUT2D eigenvalue weighted by atomic mass is 10.2. The Balaban J connectivity index is 2.85. The molecule has 0 aromatic carbocycles. The van der Waals surface area contributed by atoms with Crippen molar-refractivity contribution < 1.29 is 21.4 Å². The molecule has 1 rings (SSSR count). The second kappa shape index (κ2) is 4.72. The van der Waals surface area contributed by atoms with E-state index in [0.29, 0.717) is 6.26 Å². The Morgan fingerprint density at radius 2 is 2.12 bits per heavy atom. The Morgan fingerprint density at radius 3 is 2.62 bits per heavy atom. The Hall–Kier alpha value is -0.600. The van der Waals surface area contributed by atoms with Gasteiger partial charge >= 0.3 is 5.92 Å². The van der Waals surface area contributed by atoms with Crippen molar-refractivity contribution in [3.8, 4) is 0 Å². The molecular weight excluding hydrogens is 308 g/mol. The summed E-state index contributed by atoms with van der Waals surface area (Å²) in [5.74, 6) is -3.45. The van der Waals surface area contributed by atoms with Gasteiger partial charge in [-0.1, -0.05) is 6.07 Å². The van der Waals surface area contributed by atoms with Crippen molar-refractivity contribution in [3.05, 3.63) is 28.5 Å².